The van der Waals surface area contributed by atoms with Gasteiger partial charge >= 0.3 is 5.97 Å². The Balaban J connectivity index is 1.43. The number of aryl methyl sites for hydroxylation is 1. The molecule has 4 rings (SSSR count). The largest absolute Gasteiger partial charge is 0.454 e. The summed E-state index contributed by atoms with van der Waals surface area (Å²) >= 11 is 5.96. The summed E-state index contributed by atoms with van der Waals surface area (Å²) in [5.74, 6) is -2.88. The normalized spacial score (nSPS) is 27.1. The van der Waals surface area contributed by atoms with E-state index in [9.17, 15) is 19.2 Å². The number of fused-ring (bicyclic) bond motifs is 5. The van der Waals surface area contributed by atoms with Crippen molar-refractivity contribution in [3.63, 3.8) is 0 Å². The van der Waals surface area contributed by atoms with E-state index in [1.54, 1.807) is 32.0 Å². The molecule has 1 aromatic carbocycles. The van der Waals surface area contributed by atoms with Gasteiger partial charge in [-0.2, -0.15) is 0 Å². The number of anilines is 1. The zero-order chi connectivity index (χ0) is 22.4. The first-order valence-corrected chi connectivity index (χ1v) is 10.8. The summed E-state index contributed by atoms with van der Waals surface area (Å²) in [6, 6.07) is 4.03. The van der Waals surface area contributed by atoms with Crippen LogP contribution in [-0.4, -0.2) is 41.2 Å². The number of rotatable bonds is 6. The highest BCUT2D eigenvalue weighted by Crippen LogP contribution is 2.53. The Morgan fingerprint density at radius 1 is 1.16 bits per heavy atom. The van der Waals surface area contributed by atoms with Gasteiger partial charge in [0.05, 0.1) is 11.8 Å². The second-order valence-corrected chi connectivity index (χ2v) is 9.29. The summed E-state index contributed by atoms with van der Waals surface area (Å²) < 4.78 is 5.22. The molecule has 1 aliphatic heterocycles. The monoisotopic (exact) mass is 444 g/mol. The molecule has 2 aliphatic carbocycles. The van der Waals surface area contributed by atoms with Crippen LogP contribution in [0.25, 0.3) is 0 Å². The number of esters is 1. The minimum Gasteiger partial charge on any atom is -0.454 e. The Hall–Kier alpha value is -2.67. The van der Waals surface area contributed by atoms with E-state index >= 15 is 0 Å². The van der Waals surface area contributed by atoms with Crippen molar-refractivity contribution in [1.29, 1.82) is 0 Å². The van der Waals surface area contributed by atoms with Crippen LogP contribution >= 0.6 is 11.6 Å². The third-order valence-electron chi connectivity index (χ3n) is 6.47. The van der Waals surface area contributed by atoms with Crippen LogP contribution in [0.15, 0.2) is 30.4 Å². The molecule has 1 N–H and O–H groups in total. The molecule has 1 heterocycles. The molecule has 2 fully saturated rings. The highest BCUT2D eigenvalue weighted by atomic mass is 35.5. The molecule has 8 heteroatoms. The van der Waals surface area contributed by atoms with E-state index in [0.717, 1.165) is 16.9 Å². The van der Waals surface area contributed by atoms with E-state index in [0.29, 0.717) is 10.7 Å². The minimum atomic E-state index is -1.05. The number of hydrogen-bond acceptors (Lipinski definition) is 5. The van der Waals surface area contributed by atoms with Crippen molar-refractivity contribution in [2.24, 2.45) is 29.6 Å². The van der Waals surface area contributed by atoms with Gasteiger partial charge in [0.15, 0.2) is 6.61 Å². The SMILES string of the molecule is Cc1ccc(Cl)cc1NC(=O)COC(=O)[C@@H](C(C)C)N1C(=O)[C@@H]2[C@H](C1=O)[C@H]1C=C[C@H]2C1. The van der Waals surface area contributed by atoms with Gasteiger partial charge in [-0.15, -0.1) is 0 Å². The lowest BCUT2D eigenvalue weighted by Gasteiger charge is -2.28. The zero-order valence-corrected chi connectivity index (χ0v) is 18.4. The van der Waals surface area contributed by atoms with Crippen LogP contribution in [0.3, 0.4) is 0 Å². The number of hydrogen-bond donors (Lipinski definition) is 1. The van der Waals surface area contributed by atoms with Gasteiger partial charge in [-0.25, -0.2) is 4.79 Å². The third kappa shape index (κ3) is 3.76. The van der Waals surface area contributed by atoms with Crippen LogP contribution in [0.2, 0.25) is 5.02 Å². The first-order chi connectivity index (χ1) is 14.7. The molecule has 1 saturated carbocycles. The maximum atomic E-state index is 13.1. The highest BCUT2D eigenvalue weighted by molar-refractivity contribution is 6.31. The first-order valence-electron chi connectivity index (χ1n) is 10.5. The lowest BCUT2D eigenvalue weighted by Crippen LogP contribution is -2.50. The van der Waals surface area contributed by atoms with Gasteiger partial charge in [-0.05, 0) is 48.8 Å². The number of allylic oxidation sites excluding steroid dienone is 2. The topological polar surface area (TPSA) is 92.8 Å². The van der Waals surface area contributed by atoms with E-state index < -0.39 is 24.5 Å². The van der Waals surface area contributed by atoms with Gasteiger partial charge in [-0.1, -0.05) is 43.7 Å². The highest BCUT2D eigenvalue weighted by Gasteiger charge is 2.61. The Morgan fingerprint density at radius 3 is 2.35 bits per heavy atom. The van der Waals surface area contributed by atoms with Crippen LogP contribution in [-0.2, 0) is 23.9 Å². The number of nitrogens with one attached hydrogen (secondary N) is 1. The fourth-order valence-corrected chi connectivity index (χ4v) is 5.18. The molecule has 1 saturated heterocycles. The maximum absolute atomic E-state index is 13.1. The molecular formula is C23H25ClN2O5. The van der Waals surface area contributed by atoms with Crippen molar-refractivity contribution in [2.75, 3.05) is 11.9 Å². The van der Waals surface area contributed by atoms with E-state index in [4.69, 9.17) is 16.3 Å². The molecular weight excluding hydrogens is 420 g/mol. The fraction of sp³-hybridized carbons (Fsp3) is 0.478. The molecule has 0 spiro atoms. The molecule has 0 aromatic heterocycles. The molecule has 3 aliphatic rings. The number of carbonyl (C=O) groups excluding carboxylic acids is 4. The van der Waals surface area contributed by atoms with Gasteiger partial charge in [-0.3, -0.25) is 19.3 Å². The van der Waals surface area contributed by atoms with Crippen LogP contribution in [0.4, 0.5) is 5.69 Å². The number of halogens is 1. The summed E-state index contributed by atoms with van der Waals surface area (Å²) in [4.78, 5) is 52.4. The van der Waals surface area contributed by atoms with Crippen molar-refractivity contribution in [2.45, 2.75) is 33.2 Å². The first kappa shape index (κ1) is 21.6. The lowest BCUT2D eigenvalue weighted by molar-refractivity contribution is -0.162. The Labute approximate surface area is 185 Å². The van der Waals surface area contributed by atoms with Crippen LogP contribution in [0.1, 0.15) is 25.8 Å². The van der Waals surface area contributed by atoms with E-state index in [-0.39, 0.29) is 41.4 Å². The predicted octanol–water partition coefficient (Wildman–Crippen LogP) is 2.96. The Bertz CT molecular complexity index is 958. The van der Waals surface area contributed by atoms with Crippen molar-refractivity contribution >= 4 is 41.0 Å². The average molecular weight is 445 g/mol. The Morgan fingerprint density at radius 2 is 1.77 bits per heavy atom. The molecule has 31 heavy (non-hydrogen) atoms. The average Bonchev–Trinajstić information content (AvgIpc) is 3.39. The quantitative estimate of drug-likeness (QED) is 0.413. The molecule has 0 radical (unpaired) electrons. The minimum absolute atomic E-state index is 0.0620. The molecule has 3 amide bonds. The summed E-state index contributed by atoms with van der Waals surface area (Å²) in [7, 11) is 0. The molecule has 164 valence electrons. The molecule has 7 nitrogen and oxygen atoms in total. The second kappa shape index (κ2) is 8.11. The summed E-state index contributed by atoms with van der Waals surface area (Å²) in [6.07, 6.45) is 4.83. The smallest absolute Gasteiger partial charge is 0.330 e. The standard InChI is InChI=1S/C23H25ClN2O5/c1-11(2)20(26-21(28)18-13-5-6-14(8-13)19(18)22(26)29)23(30)31-10-17(27)25-16-9-15(24)7-4-12(16)3/h4-7,9,11,13-14,18-20H,8,10H2,1-3H3,(H,25,27)/t13-,14-,18-,19+,20+/m0/s1. The predicted molar refractivity (Wildman–Crippen MR) is 114 cm³/mol. The summed E-state index contributed by atoms with van der Waals surface area (Å²) in [6.45, 7) is 4.80. The Kier molecular flexibility index (Phi) is 5.64. The number of ether oxygens (including phenoxy) is 1. The van der Waals surface area contributed by atoms with Crippen molar-refractivity contribution in [3.05, 3.63) is 40.9 Å². The van der Waals surface area contributed by atoms with Crippen LogP contribution < -0.4 is 5.32 Å². The van der Waals surface area contributed by atoms with E-state index in [1.165, 1.54) is 0 Å². The van der Waals surface area contributed by atoms with Crippen LogP contribution in [0.5, 0.6) is 0 Å². The lowest BCUT2D eigenvalue weighted by atomic mass is 9.85. The number of nitrogens with zero attached hydrogens (tertiary/aromatic N) is 1. The van der Waals surface area contributed by atoms with E-state index in [2.05, 4.69) is 5.32 Å². The van der Waals surface area contributed by atoms with Crippen molar-refractivity contribution in [3.8, 4) is 0 Å². The molecule has 2 bridgehead atoms. The van der Waals surface area contributed by atoms with Crippen molar-refractivity contribution < 1.29 is 23.9 Å². The molecule has 1 aromatic rings. The van der Waals surface area contributed by atoms with Gasteiger partial charge < -0.3 is 10.1 Å². The summed E-state index contributed by atoms with van der Waals surface area (Å²) in [5.41, 5.74) is 1.34. The maximum Gasteiger partial charge on any atom is 0.330 e. The number of amides is 3. The van der Waals surface area contributed by atoms with Gasteiger partial charge in [0, 0.05) is 10.7 Å². The van der Waals surface area contributed by atoms with E-state index in [1.807, 2.05) is 19.1 Å². The summed E-state index contributed by atoms with van der Waals surface area (Å²) in [5, 5.41) is 3.13. The van der Waals surface area contributed by atoms with Crippen molar-refractivity contribution in [1.82, 2.24) is 4.90 Å². The molecule has 0 unspecified atom stereocenters. The molecule has 5 atom stereocenters. The van der Waals surface area contributed by atoms with Gasteiger partial charge in [0.1, 0.15) is 6.04 Å². The number of benzene rings is 1. The number of imide groups is 1. The number of likely N-dealkylation sites (tertiary alicyclic amines) is 1. The van der Waals surface area contributed by atoms with Crippen LogP contribution in [0, 0.1) is 36.5 Å². The van der Waals surface area contributed by atoms with Gasteiger partial charge in [0.25, 0.3) is 5.91 Å². The fourth-order valence-electron chi connectivity index (χ4n) is 5.01. The zero-order valence-electron chi connectivity index (χ0n) is 17.6. The third-order valence-corrected chi connectivity index (χ3v) is 6.71. The second-order valence-electron chi connectivity index (χ2n) is 8.85. The number of carbonyl (C=O) groups is 4. The van der Waals surface area contributed by atoms with Gasteiger partial charge in [0.2, 0.25) is 11.8 Å².